The standard InChI is InChI=1S/C16H14N6/c1-22-14(9-11-5-3-2-4-6-11)20-21-16(22)15-18-12-7-8-17-10-13(12)19-15/h2-8,10H,9H2,1H3,(H,18,19). The molecular formula is C16H14N6. The molecule has 0 saturated heterocycles. The predicted octanol–water partition coefficient (Wildman–Crippen LogP) is 2.34. The molecule has 0 aliphatic rings. The van der Waals surface area contributed by atoms with Gasteiger partial charge in [0.2, 0.25) is 0 Å². The lowest BCUT2D eigenvalue weighted by molar-refractivity contribution is 0.823. The zero-order chi connectivity index (χ0) is 14.9. The highest BCUT2D eigenvalue weighted by molar-refractivity contribution is 5.77. The summed E-state index contributed by atoms with van der Waals surface area (Å²) in [4.78, 5) is 11.9. The summed E-state index contributed by atoms with van der Waals surface area (Å²) >= 11 is 0. The first kappa shape index (κ1) is 12.7. The third-order valence-corrected chi connectivity index (χ3v) is 3.67. The molecule has 4 rings (SSSR count). The largest absolute Gasteiger partial charge is 0.334 e. The molecule has 0 radical (unpaired) electrons. The number of imidazole rings is 1. The van der Waals surface area contributed by atoms with Gasteiger partial charge in [0, 0.05) is 19.7 Å². The number of rotatable bonds is 3. The van der Waals surface area contributed by atoms with Crippen molar-refractivity contribution in [3.63, 3.8) is 0 Å². The van der Waals surface area contributed by atoms with E-state index in [0.717, 1.165) is 29.1 Å². The SMILES string of the molecule is Cn1c(Cc2ccccc2)nnc1-c1nc2ccncc2[nH]1. The smallest absolute Gasteiger partial charge is 0.199 e. The van der Waals surface area contributed by atoms with Crippen LogP contribution in [0.1, 0.15) is 11.4 Å². The summed E-state index contributed by atoms with van der Waals surface area (Å²) in [6.45, 7) is 0. The van der Waals surface area contributed by atoms with E-state index in [1.54, 1.807) is 12.4 Å². The Morgan fingerprint density at radius 3 is 2.77 bits per heavy atom. The molecule has 3 aromatic heterocycles. The number of fused-ring (bicyclic) bond motifs is 1. The Kier molecular flexibility index (Phi) is 2.93. The summed E-state index contributed by atoms with van der Waals surface area (Å²) < 4.78 is 1.97. The van der Waals surface area contributed by atoms with E-state index in [-0.39, 0.29) is 0 Å². The number of hydrogen-bond donors (Lipinski definition) is 1. The predicted molar refractivity (Wildman–Crippen MR) is 83.1 cm³/mol. The van der Waals surface area contributed by atoms with E-state index < -0.39 is 0 Å². The summed E-state index contributed by atoms with van der Waals surface area (Å²) in [5.74, 6) is 2.33. The average molecular weight is 290 g/mol. The molecular weight excluding hydrogens is 276 g/mol. The van der Waals surface area contributed by atoms with Gasteiger partial charge in [0.05, 0.1) is 17.2 Å². The molecule has 0 aliphatic heterocycles. The van der Waals surface area contributed by atoms with Crippen LogP contribution in [-0.4, -0.2) is 29.7 Å². The summed E-state index contributed by atoms with van der Waals surface area (Å²) in [5.41, 5.74) is 2.97. The fourth-order valence-corrected chi connectivity index (χ4v) is 2.46. The highest BCUT2D eigenvalue weighted by Gasteiger charge is 2.14. The molecule has 1 aromatic carbocycles. The van der Waals surface area contributed by atoms with Crippen LogP contribution < -0.4 is 0 Å². The van der Waals surface area contributed by atoms with Crippen LogP contribution in [0, 0.1) is 0 Å². The monoisotopic (exact) mass is 290 g/mol. The molecule has 0 atom stereocenters. The van der Waals surface area contributed by atoms with Gasteiger partial charge in [0.1, 0.15) is 5.82 Å². The highest BCUT2D eigenvalue weighted by atomic mass is 15.3. The lowest BCUT2D eigenvalue weighted by Gasteiger charge is -2.02. The average Bonchev–Trinajstić information content (AvgIpc) is 3.12. The van der Waals surface area contributed by atoms with Gasteiger partial charge in [0.25, 0.3) is 0 Å². The van der Waals surface area contributed by atoms with Crippen molar-refractivity contribution in [1.82, 2.24) is 29.7 Å². The van der Waals surface area contributed by atoms with Crippen molar-refractivity contribution in [2.45, 2.75) is 6.42 Å². The minimum Gasteiger partial charge on any atom is -0.334 e. The van der Waals surface area contributed by atoms with Crippen molar-refractivity contribution in [1.29, 1.82) is 0 Å². The molecule has 108 valence electrons. The highest BCUT2D eigenvalue weighted by Crippen LogP contribution is 2.19. The van der Waals surface area contributed by atoms with Crippen LogP contribution in [0.5, 0.6) is 0 Å². The van der Waals surface area contributed by atoms with Gasteiger partial charge in [-0.3, -0.25) is 4.98 Å². The third-order valence-electron chi connectivity index (χ3n) is 3.67. The van der Waals surface area contributed by atoms with Crippen LogP contribution in [0.2, 0.25) is 0 Å². The van der Waals surface area contributed by atoms with Gasteiger partial charge in [-0.15, -0.1) is 10.2 Å². The maximum atomic E-state index is 4.55. The zero-order valence-electron chi connectivity index (χ0n) is 12.1. The first-order valence-corrected chi connectivity index (χ1v) is 7.03. The lowest BCUT2D eigenvalue weighted by atomic mass is 10.1. The summed E-state index contributed by atoms with van der Waals surface area (Å²) in [7, 11) is 1.96. The molecule has 0 aliphatic carbocycles. The van der Waals surface area contributed by atoms with Crippen molar-refractivity contribution in [3.05, 3.63) is 60.2 Å². The van der Waals surface area contributed by atoms with E-state index in [0.29, 0.717) is 5.82 Å². The minimum atomic E-state index is 0.706. The van der Waals surface area contributed by atoms with Crippen molar-refractivity contribution in [2.75, 3.05) is 0 Å². The van der Waals surface area contributed by atoms with Crippen LogP contribution >= 0.6 is 0 Å². The quantitative estimate of drug-likeness (QED) is 0.628. The fourth-order valence-electron chi connectivity index (χ4n) is 2.46. The number of aromatic nitrogens is 6. The molecule has 0 amide bonds. The molecule has 1 N–H and O–H groups in total. The molecule has 0 unspecified atom stereocenters. The van der Waals surface area contributed by atoms with Gasteiger partial charge in [-0.2, -0.15) is 0 Å². The number of hydrogen-bond acceptors (Lipinski definition) is 4. The minimum absolute atomic E-state index is 0.706. The number of nitrogens with one attached hydrogen (secondary N) is 1. The van der Waals surface area contributed by atoms with Crippen molar-refractivity contribution in [2.24, 2.45) is 7.05 Å². The number of nitrogens with zero attached hydrogens (tertiary/aromatic N) is 5. The summed E-state index contributed by atoms with van der Waals surface area (Å²) in [5, 5.41) is 8.57. The third kappa shape index (κ3) is 2.14. The molecule has 0 spiro atoms. The van der Waals surface area contributed by atoms with E-state index in [4.69, 9.17) is 0 Å². The zero-order valence-corrected chi connectivity index (χ0v) is 12.1. The Morgan fingerprint density at radius 1 is 1.09 bits per heavy atom. The topological polar surface area (TPSA) is 72.3 Å². The molecule has 0 fully saturated rings. The second kappa shape index (κ2) is 5.07. The molecule has 0 bridgehead atoms. The van der Waals surface area contributed by atoms with Crippen LogP contribution in [-0.2, 0) is 13.5 Å². The number of H-pyrrole nitrogens is 1. The Hall–Kier alpha value is -3.02. The Bertz CT molecular complexity index is 889. The Balaban J connectivity index is 1.71. The van der Waals surface area contributed by atoms with E-state index in [2.05, 4.69) is 37.3 Å². The lowest BCUT2D eigenvalue weighted by Crippen LogP contribution is -2.01. The van der Waals surface area contributed by atoms with Gasteiger partial charge >= 0.3 is 0 Å². The van der Waals surface area contributed by atoms with E-state index in [1.165, 1.54) is 5.56 Å². The van der Waals surface area contributed by atoms with Gasteiger partial charge in [-0.05, 0) is 11.6 Å². The van der Waals surface area contributed by atoms with Crippen molar-refractivity contribution >= 4 is 11.0 Å². The molecule has 0 saturated carbocycles. The number of benzene rings is 1. The van der Waals surface area contributed by atoms with Gasteiger partial charge in [-0.1, -0.05) is 30.3 Å². The summed E-state index contributed by atoms with van der Waals surface area (Å²) in [6.07, 6.45) is 4.23. The van der Waals surface area contributed by atoms with E-state index >= 15 is 0 Å². The second-order valence-electron chi connectivity index (χ2n) is 5.14. The van der Waals surface area contributed by atoms with Crippen molar-refractivity contribution < 1.29 is 0 Å². The first-order chi connectivity index (χ1) is 10.8. The number of pyridine rings is 1. The number of aromatic amines is 1. The Morgan fingerprint density at radius 2 is 1.95 bits per heavy atom. The van der Waals surface area contributed by atoms with Crippen LogP contribution in [0.4, 0.5) is 0 Å². The maximum absolute atomic E-state index is 4.55. The molecule has 6 heteroatoms. The van der Waals surface area contributed by atoms with Gasteiger partial charge in [-0.25, -0.2) is 4.98 Å². The normalized spacial score (nSPS) is 11.1. The van der Waals surface area contributed by atoms with Gasteiger partial charge < -0.3 is 9.55 Å². The summed E-state index contributed by atoms with van der Waals surface area (Å²) in [6, 6.07) is 12.1. The molecule has 22 heavy (non-hydrogen) atoms. The molecule has 6 nitrogen and oxygen atoms in total. The van der Waals surface area contributed by atoms with E-state index in [9.17, 15) is 0 Å². The van der Waals surface area contributed by atoms with Crippen LogP contribution in [0.15, 0.2) is 48.8 Å². The van der Waals surface area contributed by atoms with E-state index in [1.807, 2.05) is 35.9 Å². The maximum Gasteiger partial charge on any atom is 0.199 e. The van der Waals surface area contributed by atoms with Crippen LogP contribution in [0.3, 0.4) is 0 Å². The van der Waals surface area contributed by atoms with Crippen molar-refractivity contribution in [3.8, 4) is 11.6 Å². The fraction of sp³-hybridized carbons (Fsp3) is 0.125. The van der Waals surface area contributed by atoms with Gasteiger partial charge in [0.15, 0.2) is 11.6 Å². The molecule has 3 heterocycles. The first-order valence-electron chi connectivity index (χ1n) is 7.03. The second-order valence-corrected chi connectivity index (χ2v) is 5.14. The molecule has 4 aromatic rings. The Labute approximate surface area is 126 Å². The van der Waals surface area contributed by atoms with Crippen LogP contribution in [0.25, 0.3) is 22.7 Å².